The number of carbonyl (C=O) groups is 1. The van der Waals surface area contributed by atoms with Crippen molar-refractivity contribution in [3.63, 3.8) is 0 Å². The van der Waals surface area contributed by atoms with Crippen molar-refractivity contribution in [3.05, 3.63) is 64.9 Å². The first-order valence-corrected chi connectivity index (χ1v) is 10.6. The Hall–Kier alpha value is -2.97. The second kappa shape index (κ2) is 7.70. The van der Waals surface area contributed by atoms with Crippen LogP contribution in [0.25, 0.3) is 21.3 Å². The van der Waals surface area contributed by atoms with Crippen LogP contribution in [0, 0.1) is 5.82 Å². The molecule has 1 aliphatic heterocycles. The fourth-order valence-electron chi connectivity index (χ4n) is 3.65. The van der Waals surface area contributed by atoms with Crippen molar-refractivity contribution in [1.82, 2.24) is 14.9 Å². The first kappa shape index (κ1) is 19.0. The molecule has 1 saturated heterocycles. The highest BCUT2D eigenvalue weighted by atomic mass is 35.5. The van der Waals surface area contributed by atoms with E-state index in [1.54, 1.807) is 29.2 Å². The largest absolute Gasteiger partial charge is 0.459 e. The molecule has 4 heterocycles. The maximum Gasteiger partial charge on any atom is 0.289 e. The Morgan fingerprint density at radius 1 is 1.10 bits per heavy atom. The zero-order valence-corrected chi connectivity index (χ0v) is 17.3. The predicted octanol–water partition coefficient (Wildman–Crippen LogP) is 4.71. The summed E-state index contributed by atoms with van der Waals surface area (Å²) < 4.78 is 18.6. The number of anilines is 1. The van der Waals surface area contributed by atoms with Crippen LogP contribution in [0.1, 0.15) is 10.6 Å². The summed E-state index contributed by atoms with van der Waals surface area (Å²) in [6, 6.07) is 9.74. The van der Waals surface area contributed by atoms with Gasteiger partial charge in [0.25, 0.3) is 5.91 Å². The predicted molar refractivity (Wildman–Crippen MR) is 115 cm³/mol. The number of rotatable bonds is 3. The van der Waals surface area contributed by atoms with Crippen LogP contribution in [-0.4, -0.2) is 47.0 Å². The Morgan fingerprint density at radius 3 is 2.57 bits per heavy atom. The topological polar surface area (TPSA) is 62.5 Å². The van der Waals surface area contributed by atoms with E-state index in [4.69, 9.17) is 16.0 Å². The van der Waals surface area contributed by atoms with E-state index >= 15 is 0 Å². The molecule has 1 amide bonds. The Bertz CT molecular complexity index is 1200. The highest BCUT2D eigenvalue weighted by Gasteiger charge is 2.27. The summed E-state index contributed by atoms with van der Waals surface area (Å²) in [6.45, 7) is 2.29. The van der Waals surface area contributed by atoms with Gasteiger partial charge in [0.2, 0.25) is 5.28 Å². The van der Waals surface area contributed by atoms with E-state index in [1.807, 2.05) is 5.38 Å². The average Bonchev–Trinajstić information content (AvgIpc) is 3.44. The molecule has 0 saturated carbocycles. The lowest BCUT2D eigenvalue weighted by Gasteiger charge is -2.35. The van der Waals surface area contributed by atoms with E-state index < -0.39 is 0 Å². The first-order valence-electron chi connectivity index (χ1n) is 9.38. The van der Waals surface area contributed by atoms with Gasteiger partial charge in [0.15, 0.2) is 5.76 Å². The van der Waals surface area contributed by atoms with Gasteiger partial charge in [-0.2, -0.15) is 4.98 Å². The van der Waals surface area contributed by atoms with Crippen LogP contribution in [0.3, 0.4) is 0 Å². The molecule has 5 rings (SSSR count). The van der Waals surface area contributed by atoms with E-state index in [2.05, 4.69) is 14.9 Å². The fraction of sp³-hybridized carbons (Fsp3) is 0.190. The summed E-state index contributed by atoms with van der Waals surface area (Å²) >= 11 is 7.67. The second-order valence-electron chi connectivity index (χ2n) is 6.91. The third-order valence-corrected chi connectivity index (χ3v) is 6.18. The number of amides is 1. The van der Waals surface area contributed by atoms with Crippen molar-refractivity contribution in [3.8, 4) is 11.1 Å². The van der Waals surface area contributed by atoms with Crippen LogP contribution >= 0.6 is 22.9 Å². The molecule has 9 heteroatoms. The van der Waals surface area contributed by atoms with Crippen LogP contribution in [0.5, 0.6) is 0 Å². The minimum Gasteiger partial charge on any atom is -0.459 e. The number of halogens is 2. The third kappa shape index (κ3) is 3.42. The molecule has 30 heavy (non-hydrogen) atoms. The van der Waals surface area contributed by atoms with Crippen LogP contribution in [0.2, 0.25) is 5.28 Å². The molecule has 1 aliphatic rings. The van der Waals surface area contributed by atoms with Gasteiger partial charge in [-0.25, -0.2) is 9.37 Å². The smallest absolute Gasteiger partial charge is 0.289 e. The normalized spacial score (nSPS) is 14.5. The number of thiophene rings is 1. The van der Waals surface area contributed by atoms with Crippen molar-refractivity contribution < 1.29 is 13.6 Å². The minimum absolute atomic E-state index is 0.118. The zero-order valence-electron chi connectivity index (χ0n) is 15.7. The molecular formula is C21H16ClFN4O2S. The van der Waals surface area contributed by atoms with Crippen LogP contribution in [0.15, 0.2) is 52.5 Å². The Morgan fingerprint density at radius 2 is 1.87 bits per heavy atom. The molecule has 6 nitrogen and oxygen atoms in total. The van der Waals surface area contributed by atoms with Crippen LogP contribution in [-0.2, 0) is 0 Å². The van der Waals surface area contributed by atoms with E-state index in [1.165, 1.54) is 29.7 Å². The van der Waals surface area contributed by atoms with Crippen molar-refractivity contribution in [2.75, 3.05) is 31.1 Å². The minimum atomic E-state index is -0.282. The number of carbonyl (C=O) groups excluding carboxylic acids is 1. The molecule has 4 aromatic rings. The Balaban J connectivity index is 1.46. The number of hydrogen-bond donors (Lipinski definition) is 0. The standard InChI is InChI=1S/C21H16ClFN4O2S/c22-21-24-18(26-7-9-27(10-8-26)20(28)16-2-1-11-29-16)17-15(12-30-19(17)25-21)13-3-5-14(23)6-4-13/h1-6,11-12H,7-10H2. The van der Waals surface area contributed by atoms with Gasteiger partial charge in [-0.1, -0.05) is 12.1 Å². The summed E-state index contributed by atoms with van der Waals surface area (Å²) in [4.78, 5) is 26.1. The molecular weight excluding hydrogens is 427 g/mol. The summed E-state index contributed by atoms with van der Waals surface area (Å²) in [6.07, 6.45) is 1.50. The number of benzene rings is 1. The van der Waals surface area contributed by atoms with E-state index in [9.17, 15) is 9.18 Å². The van der Waals surface area contributed by atoms with Gasteiger partial charge in [0.1, 0.15) is 16.5 Å². The summed E-state index contributed by atoms with van der Waals surface area (Å²) in [5.41, 5.74) is 1.83. The number of aromatic nitrogens is 2. The Labute approximate surface area is 180 Å². The van der Waals surface area contributed by atoms with Gasteiger partial charge in [-0.3, -0.25) is 4.79 Å². The van der Waals surface area contributed by atoms with Crippen molar-refractivity contribution >= 4 is 44.9 Å². The first-order chi connectivity index (χ1) is 14.6. The monoisotopic (exact) mass is 442 g/mol. The number of furan rings is 1. The summed E-state index contributed by atoms with van der Waals surface area (Å²) in [5.74, 6) is 0.672. The van der Waals surface area contributed by atoms with E-state index in [-0.39, 0.29) is 17.0 Å². The van der Waals surface area contributed by atoms with Gasteiger partial charge in [-0.05, 0) is 41.4 Å². The van der Waals surface area contributed by atoms with Gasteiger partial charge < -0.3 is 14.2 Å². The molecule has 0 bridgehead atoms. The lowest BCUT2D eigenvalue weighted by atomic mass is 10.1. The van der Waals surface area contributed by atoms with Gasteiger partial charge in [-0.15, -0.1) is 11.3 Å². The molecule has 0 atom stereocenters. The molecule has 0 radical (unpaired) electrons. The molecule has 0 spiro atoms. The zero-order chi connectivity index (χ0) is 20.7. The SMILES string of the molecule is O=C(c1ccco1)N1CCN(c2nc(Cl)nc3scc(-c4ccc(F)cc4)c23)CC1. The van der Waals surface area contributed by atoms with E-state index in [0.29, 0.717) is 31.9 Å². The highest BCUT2D eigenvalue weighted by molar-refractivity contribution is 7.17. The number of hydrogen-bond acceptors (Lipinski definition) is 6. The molecule has 1 fully saturated rings. The quantitative estimate of drug-likeness (QED) is 0.430. The molecule has 152 valence electrons. The van der Waals surface area contributed by atoms with Gasteiger partial charge in [0, 0.05) is 37.1 Å². The number of nitrogens with zero attached hydrogens (tertiary/aromatic N) is 4. The summed E-state index contributed by atoms with van der Waals surface area (Å²) in [5, 5.41) is 3.06. The van der Waals surface area contributed by atoms with Crippen molar-refractivity contribution in [2.24, 2.45) is 0 Å². The van der Waals surface area contributed by atoms with Crippen molar-refractivity contribution in [2.45, 2.75) is 0 Å². The lowest BCUT2D eigenvalue weighted by molar-refractivity contribution is 0.0714. The maximum absolute atomic E-state index is 13.4. The number of piperazine rings is 1. The maximum atomic E-state index is 13.4. The molecule has 0 unspecified atom stereocenters. The number of fused-ring (bicyclic) bond motifs is 1. The van der Waals surface area contributed by atoms with Crippen LogP contribution in [0.4, 0.5) is 10.2 Å². The van der Waals surface area contributed by atoms with Gasteiger partial charge >= 0.3 is 0 Å². The van der Waals surface area contributed by atoms with E-state index in [0.717, 1.165) is 27.2 Å². The Kier molecular flexibility index (Phi) is 4.88. The fourth-order valence-corrected chi connectivity index (χ4v) is 4.80. The molecule has 0 N–H and O–H groups in total. The van der Waals surface area contributed by atoms with Crippen molar-refractivity contribution in [1.29, 1.82) is 0 Å². The molecule has 0 aliphatic carbocycles. The van der Waals surface area contributed by atoms with Gasteiger partial charge in [0.05, 0.1) is 11.6 Å². The average molecular weight is 443 g/mol. The second-order valence-corrected chi connectivity index (χ2v) is 8.11. The molecule has 1 aromatic carbocycles. The molecule has 3 aromatic heterocycles. The lowest BCUT2D eigenvalue weighted by Crippen LogP contribution is -2.49. The third-order valence-electron chi connectivity index (χ3n) is 5.14. The highest BCUT2D eigenvalue weighted by Crippen LogP contribution is 2.39. The van der Waals surface area contributed by atoms with Crippen LogP contribution < -0.4 is 4.90 Å². The summed E-state index contributed by atoms with van der Waals surface area (Å²) in [7, 11) is 0.